The van der Waals surface area contributed by atoms with Gasteiger partial charge in [-0.1, -0.05) is 6.08 Å². The van der Waals surface area contributed by atoms with E-state index in [0.717, 1.165) is 6.42 Å². The lowest BCUT2D eigenvalue weighted by molar-refractivity contribution is 0.455. The van der Waals surface area contributed by atoms with E-state index >= 15 is 0 Å². The molecule has 4 heteroatoms. The van der Waals surface area contributed by atoms with Gasteiger partial charge in [0.1, 0.15) is 5.75 Å². The van der Waals surface area contributed by atoms with Crippen molar-refractivity contribution in [1.82, 2.24) is 0 Å². The van der Waals surface area contributed by atoms with E-state index in [9.17, 15) is 5.11 Å². The van der Waals surface area contributed by atoms with Crippen LogP contribution in [0.25, 0.3) is 0 Å². The fourth-order valence-corrected chi connectivity index (χ4v) is 1.90. The molecule has 0 bridgehead atoms. The molecule has 1 aromatic rings. The van der Waals surface area contributed by atoms with Crippen molar-refractivity contribution in [2.24, 2.45) is 5.73 Å². The number of nitrogens with two attached hydrogens (primary N) is 1. The summed E-state index contributed by atoms with van der Waals surface area (Å²) in [6, 6.07) is 4.93. The summed E-state index contributed by atoms with van der Waals surface area (Å²) in [5, 5.41) is 18.7. The first-order valence-electron chi connectivity index (χ1n) is 4.89. The number of halogens is 1. The smallest absolute Gasteiger partial charge is 0.134 e. The van der Waals surface area contributed by atoms with Crippen molar-refractivity contribution in [3.8, 4) is 11.8 Å². The number of benzene rings is 1. The lowest BCUT2D eigenvalue weighted by Gasteiger charge is -2.14. The van der Waals surface area contributed by atoms with Gasteiger partial charge >= 0.3 is 0 Å². The molecule has 1 atom stereocenters. The van der Waals surface area contributed by atoms with Gasteiger partial charge in [0.05, 0.1) is 16.1 Å². The average molecular weight is 281 g/mol. The molecule has 84 valence electrons. The SMILES string of the molecule is C=CCC[C@H](N)c1cc(C#N)cc(Br)c1O. The molecule has 1 aromatic carbocycles. The summed E-state index contributed by atoms with van der Waals surface area (Å²) >= 11 is 3.20. The summed E-state index contributed by atoms with van der Waals surface area (Å²) in [6.07, 6.45) is 3.24. The number of nitrogens with zero attached hydrogens (tertiary/aromatic N) is 1. The normalized spacial score (nSPS) is 11.8. The van der Waals surface area contributed by atoms with Crippen LogP contribution in [-0.2, 0) is 0 Å². The topological polar surface area (TPSA) is 70.0 Å². The predicted molar refractivity (Wildman–Crippen MR) is 66.9 cm³/mol. The number of aromatic hydroxyl groups is 1. The summed E-state index contributed by atoms with van der Waals surface area (Å²) in [5.74, 6) is 0.107. The lowest BCUT2D eigenvalue weighted by atomic mass is 10.00. The zero-order chi connectivity index (χ0) is 12.1. The van der Waals surface area contributed by atoms with Crippen LogP contribution in [-0.4, -0.2) is 5.11 Å². The van der Waals surface area contributed by atoms with Crippen LogP contribution in [0, 0.1) is 11.3 Å². The first-order chi connectivity index (χ1) is 7.60. The van der Waals surface area contributed by atoms with Gasteiger partial charge in [0, 0.05) is 11.6 Å². The van der Waals surface area contributed by atoms with Crippen molar-refractivity contribution < 1.29 is 5.11 Å². The Morgan fingerprint density at radius 1 is 1.62 bits per heavy atom. The van der Waals surface area contributed by atoms with Crippen LogP contribution in [0.3, 0.4) is 0 Å². The Kier molecular flexibility index (Phi) is 4.53. The molecular weight excluding hydrogens is 268 g/mol. The fraction of sp³-hybridized carbons (Fsp3) is 0.250. The minimum absolute atomic E-state index is 0.107. The minimum atomic E-state index is -0.289. The molecule has 0 saturated carbocycles. The Morgan fingerprint density at radius 2 is 2.31 bits per heavy atom. The van der Waals surface area contributed by atoms with Crippen molar-refractivity contribution >= 4 is 15.9 Å². The maximum Gasteiger partial charge on any atom is 0.134 e. The van der Waals surface area contributed by atoms with E-state index in [0.29, 0.717) is 22.0 Å². The van der Waals surface area contributed by atoms with E-state index in [1.54, 1.807) is 18.2 Å². The third kappa shape index (κ3) is 2.84. The predicted octanol–water partition coefficient (Wildman–Crippen LogP) is 2.99. The van der Waals surface area contributed by atoms with Crippen LogP contribution < -0.4 is 5.73 Å². The Balaban J connectivity index is 3.07. The van der Waals surface area contributed by atoms with Gasteiger partial charge in [-0.3, -0.25) is 0 Å². The molecule has 3 nitrogen and oxygen atoms in total. The van der Waals surface area contributed by atoms with Crippen molar-refractivity contribution in [2.75, 3.05) is 0 Å². The van der Waals surface area contributed by atoms with Gasteiger partial charge in [0.2, 0.25) is 0 Å². The summed E-state index contributed by atoms with van der Waals surface area (Å²) in [5.41, 5.74) is 7.01. The Hall–Kier alpha value is -1.31. The number of nitriles is 1. The molecule has 0 amide bonds. The Morgan fingerprint density at radius 3 is 2.88 bits per heavy atom. The highest BCUT2D eigenvalue weighted by atomic mass is 79.9. The monoisotopic (exact) mass is 280 g/mol. The van der Waals surface area contributed by atoms with Crippen molar-refractivity contribution in [3.05, 3.63) is 40.4 Å². The zero-order valence-corrected chi connectivity index (χ0v) is 10.4. The van der Waals surface area contributed by atoms with E-state index in [-0.39, 0.29) is 11.8 Å². The van der Waals surface area contributed by atoms with E-state index in [1.165, 1.54) is 0 Å². The largest absolute Gasteiger partial charge is 0.506 e. The fourth-order valence-electron chi connectivity index (χ4n) is 1.42. The van der Waals surface area contributed by atoms with Gasteiger partial charge in [-0.05, 0) is 40.9 Å². The van der Waals surface area contributed by atoms with Crippen LogP contribution in [0.5, 0.6) is 5.75 Å². The molecule has 0 unspecified atom stereocenters. The molecule has 0 aliphatic carbocycles. The summed E-state index contributed by atoms with van der Waals surface area (Å²) in [4.78, 5) is 0. The second kappa shape index (κ2) is 5.69. The van der Waals surface area contributed by atoms with Gasteiger partial charge in [-0.15, -0.1) is 6.58 Å². The molecule has 0 saturated heterocycles. The quantitative estimate of drug-likeness (QED) is 0.833. The van der Waals surface area contributed by atoms with Crippen LogP contribution in [0.1, 0.15) is 30.0 Å². The second-order valence-electron chi connectivity index (χ2n) is 3.48. The van der Waals surface area contributed by atoms with Crippen LogP contribution >= 0.6 is 15.9 Å². The first-order valence-corrected chi connectivity index (χ1v) is 5.68. The van der Waals surface area contributed by atoms with Gasteiger partial charge < -0.3 is 10.8 Å². The molecule has 0 heterocycles. The van der Waals surface area contributed by atoms with Gasteiger partial charge in [0.25, 0.3) is 0 Å². The van der Waals surface area contributed by atoms with Crippen molar-refractivity contribution in [1.29, 1.82) is 5.26 Å². The van der Waals surface area contributed by atoms with E-state index in [1.807, 2.05) is 6.07 Å². The van der Waals surface area contributed by atoms with E-state index < -0.39 is 0 Å². The Labute approximate surface area is 103 Å². The minimum Gasteiger partial charge on any atom is -0.506 e. The third-order valence-corrected chi connectivity index (χ3v) is 2.91. The molecule has 0 spiro atoms. The molecule has 0 fully saturated rings. The zero-order valence-electron chi connectivity index (χ0n) is 8.78. The highest BCUT2D eigenvalue weighted by Crippen LogP contribution is 2.33. The standard InChI is InChI=1S/C12H13BrN2O/c1-2-3-4-11(15)9-5-8(7-14)6-10(13)12(9)16/h2,5-6,11,16H,1,3-4,15H2/t11-/m0/s1. The maximum absolute atomic E-state index is 9.83. The summed E-state index contributed by atoms with van der Waals surface area (Å²) in [7, 11) is 0. The number of phenols is 1. The number of rotatable bonds is 4. The molecule has 0 aromatic heterocycles. The van der Waals surface area contributed by atoms with Crippen molar-refractivity contribution in [2.45, 2.75) is 18.9 Å². The van der Waals surface area contributed by atoms with E-state index in [4.69, 9.17) is 11.0 Å². The molecule has 0 radical (unpaired) electrons. The number of allylic oxidation sites excluding steroid dienone is 1. The highest BCUT2D eigenvalue weighted by molar-refractivity contribution is 9.10. The van der Waals surface area contributed by atoms with Gasteiger partial charge in [-0.2, -0.15) is 5.26 Å². The van der Waals surface area contributed by atoms with E-state index in [2.05, 4.69) is 22.5 Å². The highest BCUT2D eigenvalue weighted by Gasteiger charge is 2.14. The van der Waals surface area contributed by atoms with Crippen LogP contribution in [0.2, 0.25) is 0 Å². The first kappa shape index (κ1) is 12.8. The summed E-state index contributed by atoms with van der Waals surface area (Å²) < 4.78 is 0.496. The second-order valence-corrected chi connectivity index (χ2v) is 4.33. The van der Waals surface area contributed by atoms with Crippen LogP contribution in [0.15, 0.2) is 29.3 Å². The summed E-state index contributed by atoms with van der Waals surface area (Å²) in [6.45, 7) is 3.62. The van der Waals surface area contributed by atoms with Crippen molar-refractivity contribution in [3.63, 3.8) is 0 Å². The van der Waals surface area contributed by atoms with Gasteiger partial charge in [-0.25, -0.2) is 0 Å². The van der Waals surface area contributed by atoms with Gasteiger partial charge in [0.15, 0.2) is 0 Å². The molecule has 3 N–H and O–H groups in total. The lowest BCUT2D eigenvalue weighted by Crippen LogP contribution is -2.10. The average Bonchev–Trinajstić information content (AvgIpc) is 2.29. The number of phenolic OH excluding ortho intramolecular Hbond substituents is 1. The molecule has 0 aliphatic heterocycles. The Bertz CT molecular complexity index is 437. The molecule has 1 rings (SSSR count). The van der Waals surface area contributed by atoms with Crippen LogP contribution in [0.4, 0.5) is 0 Å². The molecule has 0 aliphatic rings. The number of hydrogen-bond acceptors (Lipinski definition) is 3. The molecular formula is C12H13BrN2O. The third-order valence-electron chi connectivity index (χ3n) is 2.30. The maximum atomic E-state index is 9.83. The number of hydrogen-bond donors (Lipinski definition) is 2. The molecule has 16 heavy (non-hydrogen) atoms.